The summed E-state index contributed by atoms with van der Waals surface area (Å²) in [4.78, 5) is 15.2. The lowest BCUT2D eigenvalue weighted by molar-refractivity contribution is 0.263. The van der Waals surface area contributed by atoms with Gasteiger partial charge < -0.3 is 16.0 Å². The second-order valence-electron chi connectivity index (χ2n) is 5.15. The predicted octanol–water partition coefficient (Wildman–Crippen LogP) is 1.77. The summed E-state index contributed by atoms with van der Waals surface area (Å²) in [6, 6.07) is 2.07. The number of nitrogens with one attached hydrogen (secondary N) is 1. The van der Waals surface area contributed by atoms with E-state index >= 15 is 0 Å². The Morgan fingerprint density at radius 1 is 1.35 bits per heavy atom. The SMILES string of the molecule is CN1CCC(Nc2nc(N)c3c(Cl)ccnc3n2)CC1. The average molecular weight is 293 g/mol. The maximum atomic E-state index is 6.10. The van der Waals surface area contributed by atoms with Crippen LogP contribution in [0.2, 0.25) is 5.02 Å². The highest BCUT2D eigenvalue weighted by Crippen LogP contribution is 2.26. The predicted molar refractivity (Wildman–Crippen MR) is 80.9 cm³/mol. The van der Waals surface area contributed by atoms with Crippen molar-refractivity contribution in [2.45, 2.75) is 18.9 Å². The third-order valence-corrected chi connectivity index (χ3v) is 3.94. The van der Waals surface area contributed by atoms with Gasteiger partial charge in [-0.25, -0.2) is 4.98 Å². The molecule has 3 rings (SSSR count). The Kier molecular flexibility index (Phi) is 3.58. The van der Waals surface area contributed by atoms with Crippen LogP contribution in [0.3, 0.4) is 0 Å². The average Bonchev–Trinajstić information content (AvgIpc) is 2.41. The zero-order chi connectivity index (χ0) is 14.1. The minimum absolute atomic E-state index is 0.364. The van der Waals surface area contributed by atoms with E-state index in [2.05, 4.69) is 32.2 Å². The van der Waals surface area contributed by atoms with Crippen molar-refractivity contribution < 1.29 is 0 Å². The molecule has 1 fully saturated rings. The van der Waals surface area contributed by atoms with Gasteiger partial charge in [0.2, 0.25) is 5.95 Å². The summed E-state index contributed by atoms with van der Waals surface area (Å²) < 4.78 is 0. The Morgan fingerprint density at radius 2 is 2.10 bits per heavy atom. The lowest BCUT2D eigenvalue weighted by Gasteiger charge is -2.29. The highest BCUT2D eigenvalue weighted by Gasteiger charge is 2.18. The van der Waals surface area contributed by atoms with Crippen molar-refractivity contribution in [3.8, 4) is 0 Å². The minimum atomic E-state index is 0.364. The van der Waals surface area contributed by atoms with Gasteiger partial charge in [0.1, 0.15) is 5.82 Å². The van der Waals surface area contributed by atoms with Crippen molar-refractivity contribution in [1.82, 2.24) is 19.9 Å². The van der Waals surface area contributed by atoms with Crippen LogP contribution in [-0.4, -0.2) is 46.0 Å². The van der Waals surface area contributed by atoms with Gasteiger partial charge >= 0.3 is 0 Å². The Morgan fingerprint density at radius 3 is 2.85 bits per heavy atom. The van der Waals surface area contributed by atoms with Crippen LogP contribution < -0.4 is 11.1 Å². The molecule has 1 aliphatic rings. The molecule has 0 saturated carbocycles. The van der Waals surface area contributed by atoms with Crippen molar-refractivity contribution >= 4 is 34.4 Å². The van der Waals surface area contributed by atoms with Crippen molar-refractivity contribution in [3.05, 3.63) is 17.3 Å². The van der Waals surface area contributed by atoms with Gasteiger partial charge in [0, 0.05) is 12.2 Å². The number of nitrogens with two attached hydrogens (primary N) is 1. The number of fused-ring (bicyclic) bond motifs is 1. The molecule has 0 aliphatic carbocycles. The Balaban J connectivity index is 1.86. The van der Waals surface area contributed by atoms with Crippen molar-refractivity contribution in [3.63, 3.8) is 0 Å². The number of halogens is 1. The van der Waals surface area contributed by atoms with E-state index in [0.29, 0.717) is 33.9 Å². The molecule has 0 amide bonds. The van der Waals surface area contributed by atoms with Gasteiger partial charge in [-0.15, -0.1) is 0 Å². The van der Waals surface area contributed by atoms with E-state index in [1.165, 1.54) is 0 Å². The topological polar surface area (TPSA) is 80.0 Å². The molecular formula is C13H17ClN6. The summed E-state index contributed by atoms with van der Waals surface area (Å²) in [6.45, 7) is 2.15. The maximum Gasteiger partial charge on any atom is 0.226 e. The first kappa shape index (κ1) is 13.3. The van der Waals surface area contributed by atoms with Crippen LogP contribution in [-0.2, 0) is 0 Å². The van der Waals surface area contributed by atoms with Crippen molar-refractivity contribution in [2.24, 2.45) is 0 Å². The Hall–Kier alpha value is -1.66. The van der Waals surface area contributed by atoms with Gasteiger partial charge in [0.15, 0.2) is 5.65 Å². The van der Waals surface area contributed by atoms with Crippen LogP contribution in [0.25, 0.3) is 11.0 Å². The van der Waals surface area contributed by atoms with Crippen LogP contribution in [0.1, 0.15) is 12.8 Å². The first-order valence-corrected chi connectivity index (χ1v) is 7.04. The second-order valence-corrected chi connectivity index (χ2v) is 5.55. The Labute approximate surface area is 122 Å². The number of nitrogens with zero attached hydrogens (tertiary/aromatic N) is 4. The number of hydrogen-bond acceptors (Lipinski definition) is 6. The van der Waals surface area contributed by atoms with Gasteiger partial charge in [0.05, 0.1) is 10.4 Å². The number of piperidine rings is 1. The fraction of sp³-hybridized carbons (Fsp3) is 0.462. The van der Waals surface area contributed by atoms with E-state index in [0.717, 1.165) is 25.9 Å². The van der Waals surface area contributed by atoms with Crippen LogP contribution in [0.5, 0.6) is 0 Å². The molecule has 0 unspecified atom stereocenters. The molecule has 1 aliphatic heterocycles. The van der Waals surface area contributed by atoms with Crippen molar-refractivity contribution in [2.75, 3.05) is 31.2 Å². The molecule has 20 heavy (non-hydrogen) atoms. The van der Waals surface area contributed by atoms with Gasteiger partial charge in [-0.05, 0) is 39.0 Å². The fourth-order valence-corrected chi connectivity index (χ4v) is 2.68. The molecule has 1 saturated heterocycles. The zero-order valence-electron chi connectivity index (χ0n) is 11.3. The molecule has 0 bridgehead atoms. The third-order valence-electron chi connectivity index (χ3n) is 3.63. The molecule has 106 valence electrons. The molecule has 3 N–H and O–H groups in total. The third kappa shape index (κ3) is 2.62. The van der Waals surface area contributed by atoms with Crippen LogP contribution >= 0.6 is 11.6 Å². The highest BCUT2D eigenvalue weighted by molar-refractivity contribution is 6.36. The first-order valence-electron chi connectivity index (χ1n) is 6.66. The number of aromatic nitrogens is 3. The molecule has 2 aromatic rings. The standard InChI is InChI=1S/C13H17ClN6/c1-20-6-3-8(4-7-20)17-13-18-11(15)10-9(14)2-5-16-12(10)19-13/h2,5,8H,3-4,6-7H2,1H3,(H3,15,16,17,18,19). The number of nitrogen functional groups attached to an aromatic ring is 1. The summed E-state index contributed by atoms with van der Waals surface area (Å²) in [5, 5.41) is 4.48. The van der Waals surface area contributed by atoms with E-state index in [-0.39, 0.29) is 0 Å². The summed E-state index contributed by atoms with van der Waals surface area (Å²) in [6.07, 6.45) is 3.76. The monoisotopic (exact) mass is 292 g/mol. The normalized spacial score (nSPS) is 17.5. The Bertz CT molecular complexity index is 624. The number of rotatable bonds is 2. The molecule has 0 atom stereocenters. The van der Waals surface area contributed by atoms with Gasteiger partial charge in [-0.3, -0.25) is 0 Å². The molecule has 7 heteroatoms. The summed E-state index contributed by atoms with van der Waals surface area (Å²) >= 11 is 6.10. The number of likely N-dealkylation sites (tertiary alicyclic amines) is 1. The number of hydrogen-bond donors (Lipinski definition) is 2. The molecule has 0 aromatic carbocycles. The summed E-state index contributed by atoms with van der Waals surface area (Å²) in [5.41, 5.74) is 6.49. The quantitative estimate of drug-likeness (QED) is 0.878. The van der Waals surface area contributed by atoms with Crippen molar-refractivity contribution in [1.29, 1.82) is 0 Å². The van der Waals surface area contributed by atoms with E-state index in [9.17, 15) is 0 Å². The van der Waals surface area contributed by atoms with E-state index in [1.54, 1.807) is 12.3 Å². The molecule has 2 aromatic heterocycles. The smallest absolute Gasteiger partial charge is 0.226 e. The number of anilines is 2. The summed E-state index contributed by atoms with van der Waals surface area (Å²) in [7, 11) is 2.13. The first-order chi connectivity index (χ1) is 9.63. The largest absolute Gasteiger partial charge is 0.383 e. The van der Waals surface area contributed by atoms with Crippen LogP contribution in [0, 0.1) is 0 Å². The number of pyridine rings is 1. The van der Waals surface area contributed by atoms with Gasteiger partial charge in [-0.1, -0.05) is 11.6 Å². The van der Waals surface area contributed by atoms with E-state index < -0.39 is 0 Å². The minimum Gasteiger partial charge on any atom is -0.383 e. The zero-order valence-corrected chi connectivity index (χ0v) is 12.1. The van der Waals surface area contributed by atoms with E-state index in [4.69, 9.17) is 17.3 Å². The van der Waals surface area contributed by atoms with Gasteiger partial charge in [-0.2, -0.15) is 9.97 Å². The fourth-order valence-electron chi connectivity index (χ4n) is 2.45. The van der Waals surface area contributed by atoms with Crippen LogP contribution in [0.15, 0.2) is 12.3 Å². The van der Waals surface area contributed by atoms with Gasteiger partial charge in [0.25, 0.3) is 0 Å². The molecule has 0 radical (unpaired) electrons. The maximum absolute atomic E-state index is 6.10. The molecule has 6 nitrogen and oxygen atoms in total. The molecular weight excluding hydrogens is 276 g/mol. The lowest BCUT2D eigenvalue weighted by Crippen LogP contribution is -2.37. The highest BCUT2D eigenvalue weighted by atomic mass is 35.5. The lowest BCUT2D eigenvalue weighted by atomic mass is 10.1. The molecule has 3 heterocycles. The molecule has 0 spiro atoms. The van der Waals surface area contributed by atoms with E-state index in [1.807, 2.05) is 0 Å². The van der Waals surface area contributed by atoms with Crippen LogP contribution in [0.4, 0.5) is 11.8 Å². The second kappa shape index (κ2) is 5.38. The summed E-state index contributed by atoms with van der Waals surface area (Å²) in [5.74, 6) is 0.892.